The molecule has 0 aromatic heterocycles. The highest BCUT2D eigenvalue weighted by atomic mass is 19.4. The van der Waals surface area contributed by atoms with Gasteiger partial charge in [0.15, 0.2) is 0 Å². The summed E-state index contributed by atoms with van der Waals surface area (Å²) in [4.78, 5) is 22.1. The third-order valence-electron chi connectivity index (χ3n) is 1.78. The maximum atomic E-state index is 11.8. The Hall–Kier alpha value is -1.51. The number of esters is 1. The molecular weight excluding hydrogens is 259 g/mol. The van der Waals surface area contributed by atoms with Crippen molar-refractivity contribution in [2.45, 2.75) is 18.6 Å². The lowest BCUT2D eigenvalue weighted by molar-refractivity contribution is -0.174. The molecule has 1 N–H and O–H groups in total. The van der Waals surface area contributed by atoms with E-state index < -0.39 is 30.9 Å². The van der Waals surface area contributed by atoms with Gasteiger partial charge in [-0.1, -0.05) is 0 Å². The van der Waals surface area contributed by atoms with Crippen molar-refractivity contribution in [1.82, 2.24) is 5.32 Å². The number of alkyl halides is 3. The first-order valence-electron chi connectivity index (χ1n) is 4.87. The molecule has 0 aliphatic heterocycles. The fourth-order valence-electron chi connectivity index (χ4n) is 0.981. The lowest BCUT2D eigenvalue weighted by Gasteiger charge is -2.15. The van der Waals surface area contributed by atoms with Gasteiger partial charge in [-0.2, -0.15) is 13.2 Å². The van der Waals surface area contributed by atoms with Gasteiger partial charge in [-0.25, -0.2) is 9.59 Å². The number of alkyl carbamates (subject to hydrolysis) is 1. The van der Waals surface area contributed by atoms with Crippen molar-refractivity contribution in [3.63, 3.8) is 0 Å². The van der Waals surface area contributed by atoms with Crippen molar-refractivity contribution in [2.24, 2.45) is 0 Å². The topological polar surface area (TPSA) is 73.9 Å². The van der Waals surface area contributed by atoms with E-state index in [0.29, 0.717) is 0 Å². The normalized spacial score (nSPS) is 12.7. The van der Waals surface area contributed by atoms with Crippen LogP contribution in [0.3, 0.4) is 0 Å². The van der Waals surface area contributed by atoms with E-state index in [9.17, 15) is 22.8 Å². The average molecular weight is 273 g/mol. The summed E-state index contributed by atoms with van der Waals surface area (Å²) in [5.74, 6) is -0.795. The number of nitrogens with one attached hydrogen (secondary N) is 1. The van der Waals surface area contributed by atoms with E-state index in [0.717, 1.165) is 14.2 Å². The highest BCUT2D eigenvalue weighted by Gasteiger charge is 2.28. The molecule has 9 heteroatoms. The molecule has 0 rings (SSSR count). The van der Waals surface area contributed by atoms with Crippen LogP contribution in [0.1, 0.15) is 6.42 Å². The van der Waals surface area contributed by atoms with E-state index in [2.05, 4.69) is 19.5 Å². The molecule has 0 saturated carbocycles. The van der Waals surface area contributed by atoms with Gasteiger partial charge >= 0.3 is 18.2 Å². The first-order valence-corrected chi connectivity index (χ1v) is 4.87. The van der Waals surface area contributed by atoms with Crippen molar-refractivity contribution >= 4 is 12.1 Å². The second-order valence-electron chi connectivity index (χ2n) is 3.17. The highest BCUT2D eigenvalue weighted by Crippen LogP contribution is 2.14. The van der Waals surface area contributed by atoms with Crippen LogP contribution in [0.4, 0.5) is 18.0 Å². The van der Waals surface area contributed by atoms with Crippen LogP contribution in [0.5, 0.6) is 0 Å². The van der Waals surface area contributed by atoms with Crippen LogP contribution in [0.15, 0.2) is 0 Å². The van der Waals surface area contributed by atoms with Crippen LogP contribution in [-0.4, -0.2) is 51.7 Å². The van der Waals surface area contributed by atoms with E-state index in [1.807, 2.05) is 0 Å². The second-order valence-corrected chi connectivity index (χ2v) is 3.17. The van der Waals surface area contributed by atoms with Gasteiger partial charge < -0.3 is 19.5 Å². The predicted molar refractivity (Wildman–Crippen MR) is 52.8 cm³/mol. The smallest absolute Gasteiger partial charge is 0.411 e. The minimum absolute atomic E-state index is 0.155. The number of carbonyl (C=O) groups is 2. The Labute approximate surface area is 101 Å². The third kappa shape index (κ3) is 7.71. The van der Waals surface area contributed by atoms with Gasteiger partial charge in [0, 0.05) is 13.0 Å². The summed E-state index contributed by atoms with van der Waals surface area (Å²) in [7, 11) is 2.18. The zero-order chi connectivity index (χ0) is 14.2. The fraction of sp³-hybridized carbons (Fsp3) is 0.778. The Balaban J connectivity index is 4.10. The number of halogens is 3. The number of amides is 1. The molecule has 0 spiro atoms. The molecule has 0 aliphatic rings. The summed E-state index contributed by atoms with van der Waals surface area (Å²) in [6.45, 7) is -1.78. The Bertz CT molecular complexity index is 282. The van der Waals surface area contributed by atoms with Crippen LogP contribution >= 0.6 is 0 Å². The molecule has 0 aliphatic carbocycles. The average Bonchev–Trinajstić information content (AvgIpc) is 2.30. The van der Waals surface area contributed by atoms with Gasteiger partial charge in [-0.05, 0) is 0 Å². The molecule has 18 heavy (non-hydrogen) atoms. The zero-order valence-electron chi connectivity index (χ0n) is 9.87. The molecule has 6 nitrogen and oxygen atoms in total. The first-order chi connectivity index (χ1) is 8.30. The van der Waals surface area contributed by atoms with Crippen LogP contribution in [0.2, 0.25) is 0 Å². The van der Waals surface area contributed by atoms with Crippen molar-refractivity contribution in [1.29, 1.82) is 0 Å². The third-order valence-corrected chi connectivity index (χ3v) is 1.78. The van der Waals surface area contributed by atoms with E-state index in [4.69, 9.17) is 0 Å². The first kappa shape index (κ1) is 16.5. The van der Waals surface area contributed by atoms with Gasteiger partial charge in [0.05, 0.1) is 14.2 Å². The van der Waals surface area contributed by atoms with E-state index in [1.165, 1.54) is 0 Å². The van der Waals surface area contributed by atoms with E-state index >= 15 is 0 Å². The number of hydrogen-bond acceptors (Lipinski definition) is 5. The molecule has 0 bridgehead atoms. The molecular formula is C9H14F3NO5. The molecule has 0 heterocycles. The minimum atomic E-state index is -4.43. The minimum Gasteiger partial charge on any atom is -0.467 e. The number of hydrogen-bond donors (Lipinski definition) is 1. The van der Waals surface area contributed by atoms with Crippen LogP contribution in [0, 0.1) is 0 Å². The van der Waals surface area contributed by atoms with Crippen LogP contribution in [0.25, 0.3) is 0 Å². The van der Waals surface area contributed by atoms with Crippen molar-refractivity contribution in [3.8, 4) is 0 Å². The molecule has 0 aromatic rings. The molecule has 0 fully saturated rings. The largest absolute Gasteiger partial charge is 0.467 e. The van der Waals surface area contributed by atoms with Gasteiger partial charge in [-0.3, -0.25) is 0 Å². The van der Waals surface area contributed by atoms with Crippen molar-refractivity contribution in [2.75, 3.05) is 27.4 Å². The summed E-state index contributed by atoms with van der Waals surface area (Å²) in [6.07, 6.45) is -5.48. The van der Waals surface area contributed by atoms with E-state index in [1.54, 1.807) is 0 Å². The summed E-state index contributed by atoms with van der Waals surface area (Å²) in [5.41, 5.74) is 0. The molecule has 1 amide bonds. The Morgan fingerprint density at radius 3 is 2.28 bits per heavy atom. The van der Waals surface area contributed by atoms with Gasteiger partial charge in [-0.15, -0.1) is 0 Å². The molecule has 0 saturated heterocycles. The van der Waals surface area contributed by atoms with Crippen LogP contribution in [-0.2, 0) is 19.0 Å². The molecule has 0 aromatic carbocycles. The lowest BCUT2D eigenvalue weighted by atomic mass is 10.2. The number of carbonyl (C=O) groups excluding carboxylic acids is 2. The summed E-state index contributed by atoms with van der Waals surface area (Å²) < 4.78 is 48.2. The molecule has 0 radical (unpaired) electrons. The maximum Gasteiger partial charge on any atom is 0.411 e. The molecule has 106 valence electrons. The lowest BCUT2D eigenvalue weighted by Crippen LogP contribution is -2.42. The Morgan fingerprint density at radius 1 is 1.22 bits per heavy atom. The monoisotopic (exact) mass is 273 g/mol. The zero-order valence-corrected chi connectivity index (χ0v) is 9.87. The van der Waals surface area contributed by atoms with Crippen LogP contribution < -0.4 is 5.32 Å². The summed E-state index contributed by atoms with van der Waals surface area (Å²) in [5, 5.41) is 2.12. The SMILES string of the molecule is COC(=O)N[C@@H](CCOCC(F)(F)F)C(=O)OC. The second kappa shape index (κ2) is 7.75. The fourth-order valence-corrected chi connectivity index (χ4v) is 0.981. The van der Waals surface area contributed by atoms with Gasteiger partial charge in [0.2, 0.25) is 0 Å². The van der Waals surface area contributed by atoms with Gasteiger partial charge in [0.25, 0.3) is 0 Å². The highest BCUT2D eigenvalue weighted by molar-refractivity contribution is 5.81. The standard InChI is InChI=1S/C9H14F3NO5/c1-16-7(14)6(13-8(15)17-2)3-4-18-5-9(10,11)12/h6H,3-5H2,1-2H3,(H,13,15)/t6-/m0/s1. The number of rotatable bonds is 6. The van der Waals surface area contributed by atoms with E-state index in [-0.39, 0.29) is 13.0 Å². The molecule has 0 unspecified atom stereocenters. The Morgan fingerprint density at radius 2 is 1.83 bits per heavy atom. The summed E-state index contributed by atoms with van der Waals surface area (Å²) in [6, 6.07) is -1.12. The van der Waals surface area contributed by atoms with Crippen molar-refractivity contribution < 1.29 is 37.0 Å². The number of methoxy groups -OCH3 is 2. The number of ether oxygens (including phenoxy) is 3. The maximum absolute atomic E-state index is 11.8. The quantitative estimate of drug-likeness (QED) is 0.573. The van der Waals surface area contributed by atoms with Gasteiger partial charge in [0.1, 0.15) is 12.6 Å². The van der Waals surface area contributed by atoms with Crippen molar-refractivity contribution in [3.05, 3.63) is 0 Å². The molecule has 1 atom stereocenters. The summed E-state index contributed by atoms with van der Waals surface area (Å²) >= 11 is 0. The Kier molecular flexibility index (Phi) is 7.10. The predicted octanol–water partition coefficient (Wildman–Crippen LogP) is 0.853.